The van der Waals surface area contributed by atoms with Gasteiger partial charge in [0, 0.05) is 16.9 Å². The predicted octanol–water partition coefficient (Wildman–Crippen LogP) is 2.65. The Balaban J connectivity index is 0.00000128. The number of benzene rings is 2. The van der Waals surface area contributed by atoms with E-state index >= 15 is 0 Å². The van der Waals surface area contributed by atoms with Crippen molar-refractivity contribution in [2.75, 3.05) is 11.5 Å². The fraction of sp³-hybridized carbons (Fsp3) is 0. The maximum Gasteiger partial charge on any atom is 0.123 e. The highest BCUT2D eigenvalue weighted by Gasteiger charge is 2.03. The molecule has 84 valence electrons. The van der Waals surface area contributed by atoms with Crippen LogP contribution < -0.4 is 11.5 Å². The van der Waals surface area contributed by atoms with Crippen LogP contribution in [-0.2, 0) is 0 Å². The highest BCUT2D eigenvalue weighted by Crippen LogP contribution is 2.31. The quantitative estimate of drug-likeness (QED) is 0.527. The summed E-state index contributed by atoms with van der Waals surface area (Å²) in [5.41, 5.74) is 14.2. The molecule has 0 saturated carbocycles. The molecule has 16 heavy (non-hydrogen) atoms. The number of phenols is 1. The van der Waals surface area contributed by atoms with Gasteiger partial charge in [0.25, 0.3) is 0 Å². The van der Waals surface area contributed by atoms with Gasteiger partial charge in [0.15, 0.2) is 0 Å². The molecule has 0 spiro atoms. The molecule has 0 amide bonds. The molecular weight excluding hydrogens is 224 g/mol. The van der Waals surface area contributed by atoms with Gasteiger partial charge in [-0.15, -0.1) is 12.4 Å². The van der Waals surface area contributed by atoms with Crippen LogP contribution in [0.3, 0.4) is 0 Å². The Hall–Kier alpha value is -1.87. The molecule has 2 rings (SSSR count). The average molecular weight is 237 g/mol. The highest BCUT2D eigenvalue weighted by molar-refractivity contribution is 5.85. The van der Waals surface area contributed by atoms with Gasteiger partial charge in [-0.1, -0.05) is 12.1 Å². The maximum atomic E-state index is 9.67. The van der Waals surface area contributed by atoms with Gasteiger partial charge in [0.1, 0.15) is 5.75 Å². The van der Waals surface area contributed by atoms with Gasteiger partial charge in [0.05, 0.1) is 0 Å². The number of nitrogens with two attached hydrogens (primary N) is 2. The van der Waals surface area contributed by atoms with Crippen LogP contribution in [0.5, 0.6) is 5.75 Å². The molecule has 0 unspecified atom stereocenters. The number of hydrogen-bond donors (Lipinski definition) is 3. The van der Waals surface area contributed by atoms with E-state index in [1.807, 2.05) is 12.1 Å². The molecule has 0 heterocycles. The summed E-state index contributed by atoms with van der Waals surface area (Å²) in [7, 11) is 0. The lowest BCUT2D eigenvalue weighted by Gasteiger charge is -2.06. The van der Waals surface area contributed by atoms with E-state index in [0.717, 1.165) is 11.1 Å². The summed E-state index contributed by atoms with van der Waals surface area (Å²) >= 11 is 0. The summed E-state index contributed by atoms with van der Waals surface area (Å²) < 4.78 is 0. The lowest BCUT2D eigenvalue weighted by molar-refractivity contribution is 0.477. The number of hydrogen-bond acceptors (Lipinski definition) is 3. The summed E-state index contributed by atoms with van der Waals surface area (Å²) in [4.78, 5) is 0. The van der Waals surface area contributed by atoms with E-state index in [1.54, 1.807) is 30.3 Å². The second-order valence-corrected chi connectivity index (χ2v) is 3.40. The van der Waals surface area contributed by atoms with Crippen LogP contribution in [0.4, 0.5) is 11.4 Å². The fourth-order valence-corrected chi connectivity index (χ4v) is 1.45. The number of aromatic hydroxyl groups is 1. The average Bonchev–Trinajstić information content (AvgIpc) is 2.23. The molecule has 3 nitrogen and oxygen atoms in total. The molecule has 2 aromatic carbocycles. The van der Waals surface area contributed by atoms with E-state index in [9.17, 15) is 5.11 Å². The molecule has 0 bridgehead atoms. The molecule has 0 aliphatic rings. The predicted molar refractivity (Wildman–Crippen MR) is 69.6 cm³/mol. The molecular formula is C12H13ClN2O. The smallest absolute Gasteiger partial charge is 0.123 e. The van der Waals surface area contributed by atoms with Crippen LogP contribution in [-0.4, -0.2) is 5.11 Å². The van der Waals surface area contributed by atoms with E-state index in [4.69, 9.17) is 11.5 Å². The van der Waals surface area contributed by atoms with Crippen molar-refractivity contribution >= 4 is 23.8 Å². The Morgan fingerprint density at radius 2 is 1.38 bits per heavy atom. The molecule has 2 aromatic rings. The zero-order chi connectivity index (χ0) is 10.8. The molecule has 0 aromatic heterocycles. The summed E-state index contributed by atoms with van der Waals surface area (Å²) in [5, 5.41) is 9.67. The number of anilines is 2. The SMILES string of the molecule is Cl.Nc1ccc(-c2cc(N)ccc2O)cc1. The van der Waals surface area contributed by atoms with Gasteiger partial charge >= 0.3 is 0 Å². The number of rotatable bonds is 1. The van der Waals surface area contributed by atoms with Crippen molar-refractivity contribution in [3.63, 3.8) is 0 Å². The minimum Gasteiger partial charge on any atom is -0.507 e. The molecule has 0 saturated heterocycles. The Kier molecular flexibility index (Phi) is 3.64. The Bertz CT molecular complexity index is 483. The molecule has 5 N–H and O–H groups in total. The van der Waals surface area contributed by atoms with Crippen molar-refractivity contribution in [2.24, 2.45) is 0 Å². The Morgan fingerprint density at radius 1 is 0.812 bits per heavy atom. The largest absolute Gasteiger partial charge is 0.507 e. The Morgan fingerprint density at radius 3 is 2.00 bits per heavy atom. The van der Waals surface area contributed by atoms with Gasteiger partial charge in [-0.3, -0.25) is 0 Å². The van der Waals surface area contributed by atoms with Crippen molar-refractivity contribution in [1.82, 2.24) is 0 Å². The first kappa shape index (κ1) is 12.2. The summed E-state index contributed by atoms with van der Waals surface area (Å²) in [6.07, 6.45) is 0. The van der Waals surface area contributed by atoms with Crippen LogP contribution in [0, 0.1) is 0 Å². The first-order chi connectivity index (χ1) is 7.16. The number of halogens is 1. The van der Waals surface area contributed by atoms with Crippen LogP contribution in [0.2, 0.25) is 0 Å². The van der Waals surface area contributed by atoms with Gasteiger partial charge in [-0.2, -0.15) is 0 Å². The first-order valence-corrected chi connectivity index (χ1v) is 4.61. The van der Waals surface area contributed by atoms with Gasteiger partial charge in [-0.25, -0.2) is 0 Å². The van der Waals surface area contributed by atoms with Gasteiger partial charge in [0.2, 0.25) is 0 Å². The molecule has 4 heteroatoms. The number of nitrogen functional groups attached to an aromatic ring is 2. The van der Waals surface area contributed by atoms with E-state index in [0.29, 0.717) is 11.4 Å². The highest BCUT2D eigenvalue weighted by atomic mass is 35.5. The second kappa shape index (κ2) is 4.77. The van der Waals surface area contributed by atoms with E-state index < -0.39 is 0 Å². The molecule has 0 radical (unpaired) electrons. The molecule has 0 fully saturated rings. The summed E-state index contributed by atoms with van der Waals surface area (Å²) in [5.74, 6) is 0.217. The number of phenolic OH excluding ortho intramolecular Hbond substituents is 1. The second-order valence-electron chi connectivity index (χ2n) is 3.40. The third-order valence-electron chi connectivity index (χ3n) is 2.24. The standard InChI is InChI=1S/C12H12N2O.ClH/c13-9-3-1-8(2-4-9)11-7-10(14)5-6-12(11)15;/h1-7,15H,13-14H2;1H. The van der Waals surface area contributed by atoms with Crippen molar-refractivity contribution in [2.45, 2.75) is 0 Å². The summed E-state index contributed by atoms with van der Waals surface area (Å²) in [6, 6.07) is 12.3. The van der Waals surface area contributed by atoms with Crippen LogP contribution in [0.25, 0.3) is 11.1 Å². The topological polar surface area (TPSA) is 72.3 Å². The van der Waals surface area contributed by atoms with E-state index in [-0.39, 0.29) is 18.2 Å². The third kappa shape index (κ3) is 2.38. The monoisotopic (exact) mass is 236 g/mol. The lowest BCUT2D eigenvalue weighted by atomic mass is 10.0. The lowest BCUT2D eigenvalue weighted by Crippen LogP contribution is -1.87. The van der Waals surface area contributed by atoms with E-state index in [1.165, 1.54) is 0 Å². The van der Waals surface area contributed by atoms with Gasteiger partial charge < -0.3 is 16.6 Å². The minimum atomic E-state index is 0. The molecule has 0 atom stereocenters. The van der Waals surface area contributed by atoms with Crippen LogP contribution in [0.1, 0.15) is 0 Å². The van der Waals surface area contributed by atoms with Crippen LogP contribution in [0.15, 0.2) is 42.5 Å². The molecule has 0 aliphatic heterocycles. The fourth-order valence-electron chi connectivity index (χ4n) is 1.45. The summed E-state index contributed by atoms with van der Waals surface area (Å²) in [6.45, 7) is 0. The minimum absolute atomic E-state index is 0. The normalized spacial score (nSPS) is 9.50. The third-order valence-corrected chi connectivity index (χ3v) is 2.24. The zero-order valence-electron chi connectivity index (χ0n) is 8.55. The zero-order valence-corrected chi connectivity index (χ0v) is 9.37. The van der Waals surface area contributed by atoms with Crippen molar-refractivity contribution in [3.8, 4) is 16.9 Å². The van der Waals surface area contributed by atoms with Crippen molar-refractivity contribution < 1.29 is 5.11 Å². The first-order valence-electron chi connectivity index (χ1n) is 4.61. The van der Waals surface area contributed by atoms with Crippen molar-refractivity contribution in [1.29, 1.82) is 0 Å². The molecule has 0 aliphatic carbocycles. The maximum absolute atomic E-state index is 9.67. The Labute approximate surface area is 100 Å². The van der Waals surface area contributed by atoms with Crippen molar-refractivity contribution in [3.05, 3.63) is 42.5 Å². The van der Waals surface area contributed by atoms with Crippen LogP contribution >= 0.6 is 12.4 Å². The van der Waals surface area contributed by atoms with Gasteiger partial charge in [-0.05, 0) is 35.9 Å². The van der Waals surface area contributed by atoms with E-state index in [2.05, 4.69) is 0 Å².